The van der Waals surface area contributed by atoms with Gasteiger partial charge in [0.05, 0.1) is 15.9 Å². The molecule has 0 unspecified atom stereocenters. The fourth-order valence-electron chi connectivity index (χ4n) is 2.59. The van der Waals surface area contributed by atoms with E-state index in [1.54, 1.807) is 0 Å². The third kappa shape index (κ3) is 1.46. The Labute approximate surface area is 109 Å². The Morgan fingerprint density at radius 1 is 1.22 bits per heavy atom. The number of aryl methyl sites for hydroxylation is 2. The zero-order chi connectivity index (χ0) is 12.1. The van der Waals surface area contributed by atoms with Crippen LogP contribution >= 0.6 is 11.3 Å². The Morgan fingerprint density at radius 2 is 2.17 bits per heavy atom. The summed E-state index contributed by atoms with van der Waals surface area (Å²) in [6.45, 7) is 0. The molecule has 1 aliphatic carbocycles. The van der Waals surface area contributed by atoms with Gasteiger partial charge < -0.3 is 10.7 Å². The predicted octanol–water partition coefficient (Wildman–Crippen LogP) is 3.36. The summed E-state index contributed by atoms with van der Waals surface area (Å²) in [4.78, 5) is 10.8. The average Bonchev–Trinajstić information content (AvgIpc) is 2.99. The first-order chi connectivity index (χ1) is 8.79. The first-order valence-electron chi connectivity index (χ1n) is 6.17. The number of nitrogen functional groups attached to an aromatic ring is 1. The van der Waals surface area contributed by atoms with Gasteiger partial charge in [-0.2, -0.15) is 0 Å². The van der Waals surface area contributed by atoms with Crippen LogP contribution in [0, 0.1) is 0 Å². The Morgan fingerprint density at radius 3 is 3.06 bits per heavy atom. The largest absolute Gasteiger partial charge is 0.399 e. The number of benzene rings is 1. The molecule has 2 heterocycles. The maximum absolute atomic E-state index is 5.79. The van der Waals surface area contributed by atoms with E-state index in [-0.39, 0.29) is 0 Å². The van der Waals surface area contributed by atoms with Crippen LogP contribution in [0.1, 0.15) is 16.9 Å². The summed E-state index contributed by atoms with van der Waals surface area (Å²) in [5.74, 6) is 0.968. The van der Waals surface area contributed by atoms with Crippen LogP contribution in [0.15, 0.2) is 24.3 Å². The fraction of sp³-hybridized carbons (Fsp3) is 0.214. The van der Waals surface area contributed by atoms with E-state index in [1.807, 2.05) is 29.5 Å². The number of aromatic amines is 1. The van der Waals surface area contributed by atoms with Gasteiger partial charge in [-0.05, 0) is 49.1 Å². The van der Waals surface area contributed by atoms with E-state index in [0.29, 0.717) is 0 Å². The molecule has 1 aromatic carbocycles. The summed E-state index contributed by atoms with van der Waals surface area (Å²) in [5, 5.41) is 0. The van der Waals surface area contributed by atoms with E-state index in [4.69, 9.17) is 5.73 Å². The molecule has 3 aromatic rings. The van der Waals surface area contributed by atoms with Crippen molar-refractivity contribution in [1.82, 2.24) is 9.97 Å². The molecule has 0 saturated carbocycles. The summed E-state index contributed by atoms with van der Waals surface area (Å²) >= 11 is 1.87. The SMILES string of the molecule is Nc1ccc2nc(-c3cc4c(s3)CCC4)[nH]c2c1. The number of fused-ring (bicyclic) bond motifs is 2. The van der Waals surface area contributed by atoms with Crippen molar-refractivity contribution in [3.8, 4) is 10.7 Å². The molecule has 0 spiro atoms. The summed E-state index contributed by atoms with van der Waals surface area (Å²) in [6.07, 6.45) is 3.75. The highest BCUT2D eigenvalue weighted by molar-refractivity contribution is 7.15. The van der Waals surface area contributed by atoms with Crippen LogP contribution in [0.25, 0.3) is 21.7 Å². The number of aromatic nitrogens is 2. The van der Waals surface area contributed by atoms with E-state index >= 15 is 0 Å². The lowest BCUT2D eigenvalue weighted by molar-refractivity contribution is 0.915. The molecule has 0 fully saturated rings. The van der Waals surface area contributed by atoms with E-state index in [9.17, 15) is 0 Å². The van der Waals surface area contributed by atoms with Crippen LogP contribution in [-0.4, -0.2) is 9.97 Å². The predicted molar refractivity (Wildman–Crippen MR) is 75.8 cm³/mol. The zero-order valence-electron chi connectivity index (χ0n) is 9.86. The molecule has 0 radical (unpaired) electrons. The van der Waals surface area contributed by atoms with E-state index in [0.717, 1.165) is 22.5 Å². The molecule has 4 heteroatoms. The maximum atomic E-state index is 5.79. The molecule has 0 aliphatic heterocycles. The van der Waals surface area contributed by atoms with Crippen LogP contribution in [-0.2, 0) is 12.8 Å². The quantitative estimate of drug-likeness (QED) is 0.655. The highest BCUT2D eigenvalue weighted by atomic mass is 32.1. The fourth-order valence-corrected chi connectivity index (χ4v) is 3.79. The molecule has 0 saturated heterocycles. The second-order valence-corrected chi connectivity index (χ2v) is 5.91. The topological polar surface area (TPSA) is 54.7 Å². The second kappa shape index (κ2) is 3.59. The van der Waals surface area contributed by atoms with Crippen LogP contribution in [0.3, 0.4) is 0 Å². The molecular formula is C14H13N3S. The van der Waals surface area contributed by atoms with Gasteiger partial charge in [-0.15, -0.1) is 11.3 Å². The minimum Gasteiger partial charge on any atom is -0.399 e. The molecule has 2 aromatic heterocycles. The number of nitrogens with two attached hydrogens (primary N) is 1. The Balaban J connectivity index is 1.85. The van der Waals surface area contributed by atoms with Crippen LogP contribution in [0.2, 0.25) is 0 Å². The minimum absolute atomic E-state index is 0.770. The molecule has 0 amide bonds. The Bertz CT molecular complexity index is 717. The molecule has 0 bridgehead atoms. The number of hydrogen-bond donors (Lipinski definition) is 2. The molecular weight excluding hydrogens is 242 g/mol. The van der Waals surface area contributed by atoms with E-state index in [2.05, 4.69) is 16.0 Å². The first kappa shape index (κ1) is 10.1. The maximum Gasteiger partial charge on any atom is 0.148 e. The van der Waals surface area contributed by atoms with Crippen molar-refractivity contribution < 1.29 is 0 Å². The number of anilines is 1. The van der Waals surface area contributed by atoms with Crippen molar-refractivity contribution in [3.63, 3.8) is 0 Å². The standard InChI is InChI=1S/C14H13N3S/c15-9-4-5-10-11(7-9)17-14(16-10)13-6-8-2-1-3-12(8)18-13/h4-7H,1-3,15H2,(H,16,17). The molecule has 90 valence electrons. The van der Waals surface area contributed by atoms with Crippen LogP contribution in [0.4, 0.5) is 5.69 Å². The molecule has 4 rings (SSSR count). The number of H-pyrrole nitrogens is 1. The van der Waals surface area contributed by atoms with Crippen molar-refractivity contribution >= 4 is 28.1 Å². The number of hydrogen-bond acceptors (Lipinski definition) is 3. The van der Waals surface area contributed by atoms with Crippen LogP contribution < -0.4 is 5.73 Å². The number of imidazole rings is 1. The number of nitrogens with zero attached hydrogens (tertiary/aromatic N) is 1. The highest BCUT2D eigenvalue weighted by Gasteiger charge is 2.17. The normalized spacial score (nSPS) is 14.2. The van der Waals surface area contributed by atoms with Gasteiger partial charge in [0.15, 0.2) is 0 Å². The summed E-state index contributed by atoms with van der Waals surface area (Å²) in [7, 11) is 0. The summed E-state index contributed by atoms with van der Waals surface area (Å²) in [5.41, 5.74) is 10.1. The van der Waals surface area contributed by atoms with Crippen molar-refractivity contribution in [2.24, 2.45) is 0 Å². The van der Waals surface area contributed by atoms with Gasteiger partial charge in [0.1, 0.15) is 5.82 Å². The van der Waals surface area contributed by atoms with Gasteiger partial charge in [-0.25, -0.2) is 4.98 Å². The van der Waals surface area contributed by atoms with E-state index in [1.165, 1.54) is 34.6 Å². The Kier molecular flexibility index (Phi) is 2.02. The van der Waals surface area contributed by atoms with Crippen molar-refractivity contribution in [1.29, 1.82) is 0 Å². The van der Waals surface area contributed by atoms with Gasteiger partial charge in [-0.3, -0.25) is 0 Å². The van der Waals surface area contributed by atoms with Crippen molar-refractivity contribution in [2.45, 2.75) is 19.3 Å². The van der Waals surface area contributed by atoms with Crippen molar-refractivity contribution in [3.05, 3.63) is 34.7 Å². The van der Waals surface area contributed by atoms with Crippen molar-refractivity contribution in [2.75, 3.05) is 5.73 Å². The van der Waals surface area contributed by atoms with Gasteiger partial charge >= 0.3 is 0 Å². The molecule has 3 N–H and O–H groups in total. The Hall–Kier alpha value is -1.81. The summed E-state index contributed by atoms with van der Waals surface area (Å²) in [6, 6.07) is 8.08. The summed E-state index contributed by atoms with van der Waals surface area (Å²) < 4.78 is 0. The molecule has 3 nitrogen and oxygen atoms in total. The number of rotatable bonds is 1. The van der Waals surface area contributed by atoms with Gasteiger partial charge in [0.25, 0.3) is 0 Å². The monoisotopic (exact) mass is 255 g/mol. The average molecular weight is 255 g/mol. The molecule has 1 aliphatic rings. The lowest BCUT2D eigenvalue weighted by Crippen LogP contribution is -1.82. The first-order valence-corrected chi connectivity index (χ1v) is 6.98. The number of nitrogens with one attached hydrogen (secondary N) is 1. The van der Waals surface area contributed by atoms with Crippen LogP contribution in [0.5, 0.6) is 0 Å². The van der Waals surface area contributed by atoms with Gasteiger partial charge in [0, 0.05) is 10.6 Å². The third-order valence-corrected chi connectivity index (χ3v) is 4.73. The number of thiophene rings is 1. The minimum atomic E-state index is 0.770. The lowest BCUT2D eigenvalue weighted by atomic mass is 10.2. The smallest absolute Gasteiger partial charge is 0.148 e. The lowest BCUT2D eigenvalue weighted by Gasteiger charge is -1.90. The molecule has 18 heavy (non-hydrogen) atoms. The molecule has 0 atom stereocenters. The second-order valence-electron chi connectivity index (χ2n) is 4.77. The van der Waals surface area contributed by atoms with E-state index < -0.39 is 0 Å². The van der Waals surface area contributed by atoms with Gasteiger partial charge in [-0.1, -0.05) is 0 Å². The van der Waals surface area contributed by atoms with Gasteiger partial charge in [0.2, 0.25) is 0 Å². The zero-order valence-corrected chi connectivity index (χ0v) is 10.7. The third-order valence-electron chi connectivity index (χ3n) is 3.49. The highest BCUT2D eigenvalue weighted by Crippen LogP contribution is 2.36.